The maximum atomic E-state index is 13.5. The average Bonchev–Trinajstić information content (AvgIpc) is 3.31. The van der Waals surface area contributed by atoms with E-state index in [4.69, 9.17) is 28.4 Å². The molecule has 0 bridgehead atoms. The van der Waals surface area contributed by atoms with Crippen molar-refractivity contribution in [1.82, 2.24) is 0 Å². The van der Waals surface area contributed by atoms with Gasteiger partial charge in [0.2, 0.25) is 0 Å². The van der Waals surface area contributed by atoms with Crippen molar-refractivity contribution in [2.75, 3.05) is 13.7 Å². The van der Waals surface area contributed by atoms with Gasteiger partial charge in [-0.3, -0.25) is 4.79 Å². The predicted molar refractivity (Wildman–Crippen MR) is 130 cm³/mol. The number of esters is 1. The molecular formula is C28H40O9. The lowest BCUT2D eigenvalue weighted by Crippen LogP contribution is -2.50. The van der Waals surface area contributed by atoms with E-state index < -0.39 is 30.6 Å². The van der Waals surface area contributed by atoms with Gasteiger partial charge in [0.25, 0.3) is 0 Å². The van der Waals surface area contributed by atoms with E-state index in [-0.39, 0.29) is 54.1 Å². The van der Waals surface area contributed by atoms with Crippen LogP contribution in [0, 0.1) is 23.2 Å². The van der Waals surface area contributed by atoms with Crippen LogP contribution in [-0.2, 0) is 33.2 Å². The van der Waals surface area contributed by atoms with E-state index in [9.17, 15) is 15.0 Å². The number of aliphatic hydroxyl groups is 2. The van der Waals surface area contributed by atoms with Gasteiger partial charge in [0.05, 0.1) is 36.8 Å². The van der Waals surface area contributed by atoms with Crippen molar-refractivity contribution in [2.24, 2.45) is 23.2 Å². The molecule has 9 nitrogen and oxygen atoms in total. The Labute approximate surface area is 218 Å². The van der Waals surface area contributed by atoms with Crippen molar-refractivity contribution in [2.45, 2.75) is 108 Å². The highest BCUT2D eigenvalue weighted by molar-refractivity contribution is 5.74. The van der Waals surface area contributed by atoms with E-state index in [0.717, 1.165) is 24.8 Å². The number of hydrogen-bond donors (Lipinski definition) is 2. The summed E-state index contributed by atoms with van der Waals surface area (Å²) >= 11 is 0. The SMILES string of the molecule is COC1CC(OC2CCC3(C)C(=CCC4C(=O)OC5COC6(C)OC(O)C(=CCC43)C56)C2)OC(C)C1O. The maximum Gasteiger partial charge on any atom is 0.309 e. The summed E-state index contributed by atoms with van der Waals surface area (Å²) in [6.07, 6.45) is 5.39. The first-order valence-corrected chi connectivity index (χ1v) is 13.7. The van der Waals surface area contributed by atoms with Crippen LogP contribution in [0.15, 0.2) is 23.3 Å². The van der Waals surface area contributed by atoms with Gasteiger partial charge >= 0.3 is 5.97 Å². The summed E-state index contributed by atoms with van der Waals surface area (Å²) < 4.78 is 35.4. The highest BCUT2D eigenvalue weighted by atomic mass is 16.8. The second-order valence-corrected chi connectivity index (χ2v) is 12.1. The van der Waals surface area contributed by atoms with E-state index in [1.54, 1.807) is 7.11 Å². The quantitative estimate of drug-likeness (QED) is 0.428. The highest BCUT2D eigenvalue weighted by Gasteiger charge is 2.60. The lowest BCUT2D eigenvalue weighted by molar-refractivity contribution is -0.265. The van der Waals surface area contributed by atoms with Gasteiger partial charge in [-0.05, 0) is 62.9 Å². The first-order valence-electron chi connectivity index (χ1n) is 13.7. The number of methoxy groups -OCH3 is 1. The largest absolute Gasteiger partial charge is 0.459 e. The van der Waals surface area contributed by atoms with Crippen LogP contribution >= 0.6 is 0 Å². The topological polar surface area (TPSA) is 113 Å². The standard InChI is InChI=1S/C28H40O9/c1-14-24(29)20(32-4)12-22(34-14)35-16-9-10-27(2)15(11-16)5-6-17-19(27)8-7-18-23-21(36-25(17)30)13-33-28(23,3)37-26(18)31/h5,7,14,16-17,19-24,26,29,31H,6,8-13H2,1-4H3. The molecule has 3 saturated heterocycles. The normalized spacial score (nSPS) is 51.5. The Kier molecular flexibility index (Phi) is 6.58. The molecule has 1 saturated carbocycles. The molecule has 4 aliphatic heterocycles. The van der Waals surface area contributed by atoms with E-state index in [1.807, 2.05) is 13.8 Å². The third kappa shape index (κ3) is 4.22. The van der Waals surface area contributed by atoms with Gasteiger partial charge in [0.1, 0.15) is 12.2 Å². The number of aliphatic hydroxyl groups excluding tert-OH is 2. The fraction of sp³-hybridized carbons (Fsp3) is 0.821. The number of rotatable bonds is 3. The Morgan fingerprint density at radius 3 is 2.76 bits per heavy atom. The van der Waals surface area contributed by atoms with Crippen LogP contribution in [0.5, 0.6) is 0 Å². The van der Waals surface area contributed by atoms with Crippen molar-refractivity contribution in [3.05, 3.63) is 23.3 Å². The predicted octanol–water partition coefficient (Wildman–Crippen LogP) is 2.59. The van der Waals surface area contributed by atoms with Gasteiger partial charge in [-0.1, -0.05) is 24.6 Å². The molecule has 0 aromatic heterocycles. The van der Waals surface area contributed by atoms with Crippen LogP contribution < -0.4 is 0 Å². The highest BCUT2D eigenvalue weighted by Crippen LogP contribution is 2.56. The molecule has 0 spiro atoms. The second-order valence-electron chi connectivity index (χ2n) is 12.1. The smallest absolute Gasteiger partial charge is 0.309 e. The molecule has 2 N–H and O–H groups in total. The molecule has 4 fully saturated rings. The summed E-state index contributed by atoms with van der Waals surface area (Å²) in [5.41, 5.74) is 1.92. The Morgan fingerprint density at radius 1 is 1.16 bits per heavy atom. The molecule has 37 heavy (non-hydrogen) atoms. The van der Waals surface area contributed by atoms with E-state index in [0.29, 0.717) is 19.3 Å². The Hall–Kier alpha value is -1.33. The number of ether oxygens (including phenoxy) is 6. The molecule has 12 unspecified atom stereocenters. The minimum atomic E-state index is -1.05. The van der Waals surface area contributed by atoms with E-state index in [1.165, 1.54) is 5.57 Å². The first kappa shape index (κ1) is 25.9. The summed E-state index contributed by atoms with van der Waals surface area (Å²) in [7, 11) is 1.60. The fourth-order valence-corrected chi connectivity index (χ4v) is 7.83. The molecule has 0 amide bonds. The van der Waals surface area contributed by atoms with Crippen molar-refractivity contribution in [1.29, 1.82) is 0 Å². The Morgan fingerprint density at radius 2 is 1.97 bits per heavy atom. The van der Waals surface area contributed by atoms with Crippen LogP contribution in [0.25, 0.3) is 0 Å². The van der Waals surface area contributed by atoms with E-state index >= 15 is 0 Å². The molecule has 6 aliphatic rings. The molecule has 0 aromatic carbocycles. The maximum absolute atomic E-state index is 13.5. The van der Waals surface area contributed by atoms with Crippen LogP contribution in [0.4, 0.5) is 0 Å². The number of fused-ring (bicyclic) bond motifs is 3. The van der Waals surface area contributed by atoms with Crippen LogP contribution in [0.3, 0.4) is 0 Å². The van der Waals surface area contributed by atoms with Crippen molar-refractivity contribution >= 4 is 5.97 Å². The molecule has 12 atom stereocenters. The number of carbonyl (C=O) groups is 1. The third-order valence-corrected chi connectivity index (χ3v) is 10.0. The van der Waals surface area contributed by atoms with Crippen LogP contribution in [0.1, 0.15) is 59.3 Å². The van der Waals surface area contributed by atoms with Gasteiger partial charge in [0.15, 0.2) is 18.4 Å². The van der Waals surface area contributed by atoms with Crippen LogP contribution in [0.2, 0.25) is 0 Å². The first-order chi connectivity index (χ1) is 17.6. The Bertz CT molecular complexity index is 979. The van der Waals surface area contributed by atoms with Crippen LogP contribution in [-0.4, -0.2) is 78.8 Å². The summed E-state index contributed by atoms with van der Waals surface area (Å²) in [5, 5.41) is 20.9. The van der Waals surface area contributed by atoms with Gasteiger partial charge in [0, 0.05) is 13.5 Å². The number of allylic oxidation sites excluding steroid dienone is 2. The molecule has 206 valence electrons. The van der Waals surface area contributed by atoms with Crippen molar-refractivity contribution in [3.8, 4) is 0 Å². The lowest BCUT2D eigenvalue weighted by Gasteiger charge is -2.50. The molecule has 4 heterocycles. The molecular weight excluding hydrogens is 480 g/mol. The number of carbonyl (C=O) groups excluding carboxylic acids is 1. The zero-order valence-corrected chi connectivity index (χ0v) is 22.1. The third-order valence-electron chi connectivity index (χ3n) is 10.0. The molecule has 9 heteroatoms. The lowest BCUT2D eigenvalue weighted by atomic mass is 9.55. The van der Waals surface area contributed by atoms with E-state index in [2.05, 4.69) is 19.1 Å². The average molecular weight is 521 g/mol. The van der Waals surface area contributed by atoms with Gasteiger partial charge in [-0.25, -0.2) is 0 Å². The molecule has 0 aromatic rings. The second kappa shape index (κ2) is 9.40. The van der Waals surface area contributed by atoms with Gasteiger partial charge < -0.3 is 38.6 Å². The molecule has 0 radical (unpaired) electrons. The van der Waals surface area contributed by atoms with Gasteiger partial charge in [-0.15, -0.1) is 0 Å². The van der Waals surface area contributed by atoms with Gasteiger partial charge in [-0.2, -0.15) is 0 Å². The minimum absolute atomic E-state index is 0.00438. The fourth-order valence-electron chi connectivity index (χ4n) is 7.83. The monoisotopic (exact) mass is 520 g/mol. The summed E-state index contributed by atoms with van der Waals surface area (Å²) in [6.45, 7) is 6.19. The summed E-state index contributed by atoms with van der Waals surface area (Å²) in [6, 6.07) is 0. The minimum Gasteiger partial charge on any atom is -0.459 e. The Balaban J connectivity index is 1.21. The van der Waals surface area contributed by atoms with Crippen molar-refractivity contribution < 1.29 is 43.4 Å². The zero-order valence-electron chi connectivity index (χ0n) is 22.1. The molecule has 2 aliphatic carbocycles. The molecule has 6 rings (SSSR count). The number of hydrogen-bond acceptors (Lipinski definition) is 9. The zero-order chi connectivity index (χ0) is 26.1. The van der Waals surface area contributed by atoms with Crippen molar-refractivity contribution in [3.63, 3.8) is 0 Å². The summed E-state index contributed by atoms with van der Waals surface area (Å²) in [4.78, 5) is 13.5. The summed E-state index contributed by atoms with van der Waals surface area (Å²) in [5.74, 6) is -1.61.